The van der Waals surface area contributed by atoms with Crippen LogP contribution in [0.2, 0.25) is 0 Å². The zero-order valence-electron chi connectivity index (χ0n) is 7.58. The summed E-state index contributed by atoms with van der Waals surface area (Å²) in [5.41, 5.74) is 0. The third kappa shape index (κ3) is 6.12. The Kier molecular flexibility index (Phi) is 6.70. The summed E-state index contributed by atoms with van der Waals surface area (Å²) in [6.45, 7) is 2.71. The molecule has 0 aromatic rings. The lowest BCUT2D eigenvalue weighted by atomic mass is 10.3. The highest BCUT2D eigenvalue weighted by atomic mass is 16.5. The monoisotopic (exact) mass is 176 g/mol. The molecule has 0 fully saturated rings. The van der Waals surface area contributed by atoms with Crippen molar-refractivity contribution in [2.75, 3.05) is 20.3 Å². The number of methoxy groups -OCH3 is 1. The Morgan fingerprint density at radius 2 is 2.00 bits per heavy atom. The lowest BCUT2D eigenvalue weighted by Crippen LogP contribution is -2.20. The molecule has 0 amide bonds. The van der Waals surface area contributed by atoms with E-state index in [0.717, 1.165) is 12.8 Å². The first-order valence-corrected chi connectivity index (χ1v) is 4.02. The zero-order valence-corrected chi connectivity index (χ0v) is 7.58. The number of carbonyl (C=O) groups is 1. The van der Waals surface area contributed by atoms with Gasteiger partial charge in [0.25, 0.3) is 0 Å². The highest BCUT2D eigenvalue weighted by Crippen LogP contribution is 1.95. The summed E-state index contributed by atoms with van der Waals surface area (Å²) >= 11 is 0. The molecule has 72 valence electrons. The minimum Gasteiger partial charge on any atom is -0.479 e. The summed E-state index contributed by atoms with van der Waals surface area (Å²) in [6.07, 6.45) is 1.04. The molecule has 1 atom stereocenters. The molecule has 0 rings (SSSR count). The van der Waals surface area contributed by atoms with Gasteiger partial charge in [-0.2, -0.15) is 0 Å². The van der Waals surface area contributed by atoms with Gasteiger partial charge < -0.3 is 14.6 Å². The Balaban J connectivity index is 3.14. The van der Waals surface area contributed by atoms with Crippen LogP contribution in [0.4, 0.5) is 0 Å². The Bertz CT molecular complexity index is 124. The van der Waals surface area contributed by atoms with Gasteiger partial charge in [0, 0.05) is 20.3 Å². The van der Waals surface area contributed by atoms with E-state index < -0.39 is 12.1 Å². The van der Waals surface area contributed by atoms with Gasteiger partial charge >= 0.3 is 5.97 Å². The van der Waals surface area contributed by atoms with E-state index in [1.54, 1.807) is 7.11 Å². The summed E-state index contributed by atoms with van der Waals surface area (Å²) in [7, 11) is 1.64. The first-order chi connectivity index (χ1) is 5.68. The second-order valence-corrected chi connectivity index (χ2v) is 2.55. The smallest absolute Gasteiger partial charge is 0.332 e. The van der Waals surface area contributed by atoms with Crippen LogP contribution < -0.4 is 0 Å². The van der Waals surface area contributed by atoms with E-state index in [-0.39, 0.29) is 0 Å². The molecule has 0 aliphatic heterocycles. The maximum absolute atomic E-state index is 10.3. The topological polar surface area (TPSA) is 55.8 Å². The van der Waals surface area contributed by atoms with Gasteiger partial charge in [0.2, 0.25) is 0 Å². The third-order valence-electron chi connectivity index (χ3n) is 1.46. The number of carboxylic acids is 1. The van der Waals surface area contributed by atoms with Crippen molar-refractivity contribution in [2.24, 2.45) is 0 Å². The molecule has 1 unspecified atom stereocenters. The molecule has 0 aliphatic rings. The number of hydrogen-bond donors (Lipinski definition) is 1. The highest BCUT2D eigenvalue weighted by molar-refractivity contribution is 5.71. The lowest BCUT2D eigenvalue weighted by Gasteiger charge is -2.07. The predicted octanol–water partition coefficient (Wildman–Crippen LogP) is 0.903. The van der Waals surface area contributed by atoms with Crippen LogP contribution >= 0.6 is 0 Å². The van der Waals surface area contributed by atoms with Crippen molar-refractivity contribution in [1.29, 1.82) is 0 Å². The van der Waals surface area contributed by atoms with Gasteiger partial charge in [-0.1, -0.05) is 0 Å². The van der Waals surface area contributed by atoms with Crippen LogP contribution in [-0.4, -0.2) is 37.5 Å². The van der Waals surface area contributed by atoms with Gasteiger partial charge in [0.15, 0.2) is 6.10 Å². The third-order valence-corrected chi connectivity index (χ3v) is 1.46. The molecule has 4 nitrogen and oxygen atoms in total. The standard InChI is InChI=1S/C8H16O4/c1-7(8(9)10)12-6-4-3-5-11-2/h7H,3-6H2,1-2H3,(H,9,10). The van der Waals surface area contributed by atoms with E-state index >= 15 is 0 Å². The second-order valence-electron chi connectivity index (χ2n) is 2.55. The molecule has 0 radical (unpaired) electrons. The van der Waals surface area contributed by atoms with Gasteiger partial charge in [-0.25, -0.2) is 4.79 Å². The molecule has 0 saturated carbocycles. The SMILES string of the molecule is COCCCCOC(C)C(=O)O. The summed E-state index contributed by atoms with van der Waals surface area (Å²) in [5.74, 6) is -0.915. The molecule has 0 aliphatic carbocycles. The van der Waals surface area contributed by atoms with Crippen molar-refractivity contribution in [3.8, 4) is 0 Å². The minimum atomic E-state index is -0.915. The highest BCUT2D eigenvalue weighted by Gasteiger charge is 2.09. The molecule has 0 bridgehead atoms. The summed E-state index contributed by atoms with van der Waals surface area (Å²) < 4.78 is 9.82. The number of ether oxygens (including phenoxy) is 2. The molecule has 4 heteroatoms. The number of carboxylic acid groups (broad SMARTS) is 1. The fraction of sp³-hybridized carbons (Fsp3) is 0.875. The Hall–Kier alpha value is -0.610. The molecule has 0 heterocycles. The van der Waals surface area contributed by atoms with Crippen LogP contribution in [0.25, 0.3) is 0 Å². The van der Waals surface area contributed by atoms with Gasteiger partial charge in [0.05, 0.1) is 0 Å². The average molecular weight is 176 g/mol. The largest absolute Gasteiger partial charge is 0.479 e. The molecular weight excluding hydrogens is 160 g/mol. The Morgan fingerprint density at radius 3 is 2.50 bits per heavy atom. The average Bonchev–Trinajstić information content (AvgIpc) is 2.03. The molecule has 0 aromatic heterocycles. The van der Waals surface area contributed by atoms with Crippen molar-refractivity contribution in [1.82, 2.24) is 0 Å². The van der Waals surface area contributed by atoms with Crippen LogP contribution in [0.15, 0.2) is 0 Å². The maximum atomic E-state index is 10.3. The van der Waals surface area contributed by atoms with E-state index in [4.69, 9.17) is 14.6 Å². The number of hydrogen-bond acceptors (Lipinski definition) is 3. The van der Waals surface area contributed by atoms with Crippen molar-refractivity contribution in [2.45, 2.75) is 25.9 Å². The van der Waals surface area contributed by atoms with Gasteiger partial charge in [-0.3, -0.25) is 0 Å². The number of unbranched alkanes of at least 4 members (excludes halogenated alkanes) is 1. The van der Waals surface area contributed by atoms with Crippen molar-refractivity contribution < 1.29 is 19.4 Å². The summed E-state index contributed by atoms with van der Waals surface area (Å²) in [6, 6.07) is 0. The van der Waals surface area contributed by atoms with E-state index in [1.165, 1.54) is 6.92 Å². The predicted molar refractivity (Wildman–Crippen MR) is 44.2 cm³/mol. The first kappa shape index (κ1) is 11.4. The minimum absolute atomic E-state index is 0.483. The fourth-order valence-electron chi connectivity index (χ4n) is 0.680. The van der Waals surface area contributed by atoms with Crippen LogP contribution in [0.1, 0.15) is 19.8 Å². The van der Waals surface area contributed by atoms with Crippen LogP contribution in [0, 0.1) is 0 Å². The Morgan fingerprint density at radius 1 is 1.42 bits per heavy atom. The molecule has 0 saturated heterocycles. The summed E-state index contributed by atoms with van der Waals surface area (Å²) in [5, 5.41) is 8.44. The molecule has 12 heavy (non-hydrogen) atoms. The molecule has 0 aromatic carbocycles. The first-order valence-electron chi connectivity index (χ1n) is 4.02. The van der Waals surface area contributed by atoms with Crippen molar-refractivity contribution >= 4 is 5.97 Å². The summed E-state index contributed by atoms with van der Waals surface area (Å²) in [4.78, 5) is 10.3. The number of rotatable bonds is 7. The molecule has 0 spiro atoms. The normalized spacial score (nSPS) is 12.8. The Labute approximate surface area is 72.5 Å². The molecule has 1 N–H and O–H groups in total. The number of aliphatic carboxylic acids is 1. The zero-order chi connectivity index (χ0) is 9.40. The van der Waals surface area contributed by atoms with Crippen molar-refractivity contribution in [3.63, 3.8) is 0 Å². The molecular formula is C8H16O4. The van der Waals surface area contributed by atoms with Crippen LogP contribution in [0.5, 0.6) is 0 Å². The maximum Gasteiger partial charge on any atom is 0.332 e. The van der Waals surface area contributed by atoms with Crippen LogP contribution in [0.3, 0.4) is 0 Å². The quantitative estimate of drug-likeness (QED) is 0.585. The lowest BCUT2D eigenvalue weighted by molar-refractivity contribution is -0.149. The fourth-order valence-corrected chi connectivity index (χ4v) is 0.680. The van der Waals surface area contributed by atoms with E-state index in [0.29, 0.717) is 13.2 Å². The van der Waals surface area contributed by atoms with Gasteiger partial charge in [-0.15, -0.1) is 0 Å². The van der Waals surface area contributed by atoms with E-state index in [1.807, 2.05) is 0 Å². The van der Waals surface area contributed by atoms with E-state index in [9.17, 15) is 4.79 Å². The van der Waals surface area contributed by atoms with Crippen LogP contribution in [-0.2, 0) is 14.3 Å². The van der Waals surface area contributed by atoms with Gasteiger partial charge in [0.1, 0.15) is 0 Å². The van der Waals surface area contributed by atoms with Gasteiger partial charge in [-0.05, 0) is 19.8 Å². The van der Waals surface area contributed by atoms with Crippen molar-refractivity contribution in [3.05, 3.63) is 0 Å². The van der Waals surface area contributed by atoms with E-state index in [2.05, 4.69) is 0 Å². The second kappa shape index (κ2) is 7.06.